The van der Waals surface area contributed by atoms with Gasteiger partial charge < -0.3 is 19.4 Å². The van der Waals surface area contributed by atoms with Crippen molar-refractivity contribution in [2.75, 3.05) is 47.6 Å². The van der Waals surface area contributed by atoms with E-state index in [1.807, 2.05) is 6.20 Å². The van der Waals surface area contributed by atoms with Crippen LogP contribution in [-0.4, -0.2) is 73.8 Å². The number of hydrogen-bond donors (Lipinski definition) is 1. The number of pyridine rings is 1. The van der Waals surface area contributed by atoms with Crippen LogP contribution in [0.3, 0.4) is 0 Å². The molecule has 0 bridgehead atoms. The summed E-state index contributed by atoms with van der Waals surface area (Å²) in [7, 11) is 4.29. The van der Waals surface area contributed by atoms with Gasteiger partial charge in [0.2, 0.25) is 0 Å². The van der Waals surface area contributed by atoms with Gasteiger partial charge in [0.05, 0.1) is 26.4 Å². The van der Waals surface area contributed by atoms with E-state index in [0.717, 1.165) is 48.7 Å². The highest BCUT2D eigenvalue weighted by Crippen LogP contribution is 2.32. The molecule has 7 nitrogen and oxygen atoms in total. The topological polar surface area (TPSA) is 80.3 Å². The molecular weight excluding hydrogens is 423 g/mol. The second-order valence-electron chi connectivity index (χ2n) is 8.25. The molecule has 2 saturated heterocycles. The van der Waals surface area contributed by atoms with Gasteiger partial charge in [-0.3, -0.25) is 9.18 Å². The summed E-state index contributed by atoms with van der Waals surface area (Å²) < 4.78 is 19.9. The number of benzene rings is 1. The van der Waals surface area contributed by atoms with Crippen molar-refractivity contribution in [1.82, 2.24) is 19.9 Å². The minimum atomic E-state index is 0.407. The summed E-state index contributed by atoms with van der Waals surface area (Å²) in [4.78, 5) is 25.3. The summed E-state index contributed by atoms with van der Waals surface area (Å²) >= 11 is 0. The smallest absolute Gasteiger partial charge is 0.177 e. The standard InChI is InChI=1S/C16H22N4O.C8H8O2.CH3F/c1-20-7-3-11(4-8-20)13-2-6-17-16-14(13)18-15(19-16)12-5-9-21-10-12;1-10-8-4-2-7(6-9)3-5-8;1-2/h2,6,11-12H,3-5,7-10H2,1H3,(H,17,18,19);2-6H,1H3;1H3. The predicted octanol–water partition coefficient (Wildman–Crippen LogP) is 4.36. The van der Waals surface area contributed by atoms with Crippen LogP contribution in [0.4, 0.5) is 4.39 Å². The Kier molecular flexibility index (Phi) is 9.33. The number of imidazole rings is 1. The van der Waals surface area contributed by atoms with Crippen molar-refractivity contribution in [3.63, 3.8) is 0 Å². The number of nitrogens with zero attached hydrogens (tertiary/aromatic N) is 3. The zero-order chi connectivity index (χ0) is 23.6. The number of piperidine rings is 1. The number of ether oxygens (including phenoxy) is 2. The van der Waals surface area contributed by atoms with E-state index in [4.69, 9.17) is 14.5 Å². The van der Waals surface area contributed by atoms with Crippen molar-refractivity contribution >= 4 is 17.5 Å². The van der Waals surface area contributed by atoms with Crippen LogP contribution in [0.2, 0.25) is 0 Å². The number of alkyl halides is 1. The Bertz CT molecular complexity index is 995. The average Bonchev–Trinajstić information content (AvgIpc) is 3.56. The van der Waals surface area contributed by atoms with Gasteiger partial charge in [0.15, 0.2) is 5.65 Å². The number of carbonyl (C=O) groups excluding carboxylic acids is 1. The molecule has 1 atom stereocenters. The monoisotopic (exact) mass is 456 g/mol. The highest BCUT2D eigenvalue weighted by molar-refractivity contribution is 5.75. The first-order valence-electron chi connectivity index (χ1n) is 11.3. The van der Waals surface area contributed by atoms with Crippen molar-refractivity contribution in [1.29, 1.82) is 0 Å². The van der Waals surface area contributed by atoms with Gasteiger partial charge in [0.1, 0.15) is 17.9 Å². The summed E-state index contributed by atoms with van der Waals surface area (Å²) in [6.45, 7) is 3.97. The number of nitrogens with one attached hydrogen (secondary N) is 1. The molecule has 2 aliphatic rings. The van der Waals surface area contributed by atoms with Gasteiger partial charge in [-0.1, -0.05) is 0 Å². The number of halogens is 1. The van der Waals surface area contributed by atoms with E-state index < -0.39 is 0 Å². The van der Waals surface area contributed by atoms with Crippen LogP contribution in [-0.2, 0) is 4.74 Å². The molecule has 2 aromatic heterocycles. The minimum Gasteiger partial charge on any atom is -0.497 e. The molecule has 8 heteroatoms. The van der Waals surface area contributed by atoms with Gasteiger partial charge in [-0.25, -0.2) is 9.97 Å². The summed E-state index contributed by atoms with van der Waals surface area (Å²) in [6, 6.07) is 9.11. The number of likely N-dealkylation sites (tertiary alicyclic amines) is 1. The van der Waals surface area contributed by atoms with E-state index >= 15 is 0 Å². The molecule has 0 radical (unpaired) electrons. The summed E-state index contributed by atoms with van der Waals surface area (Å²) in [5.74, 6) is 2.85. The van der Waals surface area contributed by atoms with Crippen LogP contribution in [0, 0.1) is 0 Å². The van der Waals surface area contributed by atoms with Crippen LogP contribution in [0.15, 0.2) is 36.5 Å². The molecule has 3 aromatic rings. The first-order valence-corrected chi connectivity index (χ1v) is 11.3. The first-order chi connectivity index (χ1) is 16.2. The van der Waals surface area contributed by atoms with Crippen molar-refractivity contribution in [3.8, 4) is 5.75 Å². The van der Waals surface area contributed by atoms with Crippen LogP contribution < -0.4 is 4.74 Å². The maximum atomic E-state index is 10.2. The maximum Gasteiger partial charge on any atom is 0.177 e. The fourth-order valence-corrected chi connectivity index (χ4v) is 4.23. The Morgan fingerprint density at radius 1 is 1.12 bits per heavy atom. The van der Waals surface area contributed by atoms with Crippen molar-refractivity contribution in [2.24, 2.45) is 0 Å². The van der Waals surface area contributed by atoms with E-state index in [1.54, 1.807) is 31.4 Å². The van der Waals surface area contributed by atoms with E-state index in [1.165, 1.54) is 31.5 Å². The Labute approximate surface area is 194 Å². The number of aromatic amines is 1. The second-order valence-corrected chi connectivity index (χ2v) is 8.25. The molecule has 4 heterocycles. The number of aldehydes is 1. The lowest BCUT2D eigenvalue weighted by atomic mass is 9.89. The molecule has 178 valence electrons. The van der Waals surface area contributed by atoms with Gasteiger partial charge in [-0.2, -0.15) is 0 Å². The predicted molar refractivity (Wildman–Crippen MR) is 127 cm³/mol. The quantitative estimate of drug-likeness (QED) is 0.588. The number of methoxy groups -OCH3 is 1. The number of rotatable bonds is 4. The molecule has 0 spiro atoms. The maximum absolute atomic E-state index is 10.2. The lowest BCUT2D eigenvalue weighted by molar-refractivity contribution is 0.112. The summed E-state index contributed by atoms with van der Waals surface area (Å²) in [5, 5.41) is 0. The van der Waals surface area contributed by atoms with Gasteiger partial charge in [0.25, 0.3) is 0 Å². The van der Waals surface area contributed by atoms with Crippen molar-refractivity contribution in [3.05, 3.63) is 53.5 Å². The molecule has 1 N–H and O–H groups in total. The highest BCUT2D eigenvalue weighted by Gasteiger charge is 2.25. The molecule has 2 fully saturated rings. The largest absolute Gasteiger partial charge is 0.497 e. The molecule has 0 amide bonds. The number of hydrogen-bond acceptors (Lipinski definition) is 6. The second kappa shape index (κ2) is 12.4. The van der Waals surface area contributed by atoms with E-state index in [-0.39, 0.29) is 0 Å². The van der Waals surface area contributed by atoms with Gasteiger partial charge >= 0.3 is 0 Å². The van der Waals surface area contributed by atoms with Crippen LogP contribution in [0.5, 0.6) is 5.75 Å². The summed E-state index contributed by atoms with van der Waals surface area (Å²) in [6.07, 6.45) is 6.21. The zero-order valence-electron chi connectivity index (χ0n) is 19.6. The van der Waals surface area contributed by atoms with Crippen LogP contribution in [0.25, 0.3) is 11.2 Å². The molecule has 1 aromatic carbocycles. The SMILES string of the molecule is CF.CN1CCC(c2ccnc3nc(C4CCOC4)[nH]c23)CC1.COc1ccc(C=O)cc1. The number of aromatic nitrogens is 3. The van der Waals surface area contributed by atoms with Gasteiger partial charge in [-0.05, 0) is 81.2 Å². The lowest BCUT2D eigenvalue weighted by Crippen LogP contribution is -2.29. The minimum absolute atomic E-state index is 0.407. The molecular formula is C25H33FN4O3. The number of H-pyrrole nitrogens is 1. The third kappa shape index (κ3) is 6.36. The van der Waals surface area contributed by atoms with Crippen LogP contribution in [0.1, 0.15) is 52.8 Å². The van der Waals surface area contributed by atoms with Crippen LogP contribution >= 0.6 is 0 Å². The fraction of sp³-hybridized carbons (Fsp3) is 0.480. The van der Waals surface area contributed by atoms with Gasteiger partial charge in [0, 0.05) is 24.3 Å². The third-order valence-electron chi connectivity index (χ3n) is 6.17. The number of fused-ring (bicyclic) bond motifs is 1. The van der Waals surface area contributed by atoms with Gasteiger partial charge in [-0.15, -0.1) is 0 Å². The average molecular weight is 457 g/mol. The lowest BCUT2D eigenvalue weighted by Gasteiger charge is -2.29. The molecule has 1 unspecified atom stereocenters. The van der Waals surface area contributed by atoms with E-state index in [2.05, 4.69) is 28.0 Å². The normalized spacial score (nSPS) is 18.7. The molecule has 0 saturated carbocycles. The Morgan fingerprint density at radius 2 is 1.85 bits per heavy atom. The Morgan fingerprint density at radius 3 is 2.45 bits per heavy atom. The number of carbonyl (C=O) groups is 1. The first kappa shape index (κ1) is 24.8. The van der Waals surface area contributed by atoms with Crippen molar-refractivity contribution < 1.29 is 18.7 Å². The molecule has 0 aliphatic carbocycles. The third-order valence-corrected chi connectivity index (χ3v) is 6.17. The Hall–Kier alpha value is -2.84. The van der Waals surface area contributed by atoms with E-state index in [9.17, 15) is 9.18 Å². The fourth-order valence-electron chi connectivity index (χ4n) is 4.23. The molecule has 33 heavy (non-hydrogen) atoms. The zero-order valence-corrected chi connectivity index (χ0v) is 19.6. The molecule has 2 aliphatic heterocycles. The van der Waals surface area contributed by atoms with Crippen molar-refractivity contribution in [2.45, 2.75) is 31.1 Å². The summed E-state index contributed by atoms with van der Waals surface area (Å²) in [5.41, 5.74) is 4.08. The Balaban J connectivity index is 0.000000216. The molecule has 5 rings (SSSR count). The van der Waals surface area contributed by atoms with E-state index in [0.29, 0.717) is 24.6 Å². The highest BCUT2D eigenvalue weighted by atomic mass is 19.1.